The fourth-order valence-corrected chi connectivity index (χ4v) is 1.63. The van der Waals surface area contributed by atoms with E-state index < -0.39 is 17.9 Å². The van der Waals surface area contributed by atoms with Crippen LogP contribution in [0.2, 0.25) is 0 Å². The minimum atomic E-state index is -0.747. The van der Waals surface area contributed by atoms with Gasteiger partial charge >= 0.3 is 17.9 Å². The van der Waals surface area contributed by atoms with E-state index in [1.165, 1.54) is 24.3 Å². The summed E-state index contributed by atoms with van der Waals surface area (Å²) in [5.41, 5.74) is 0.688. The van der Waals surface area contributed by atoms with E-state index in [-0.39, 0.29) is 37.6 Å². The molecule has 1 rings (SSSR count). The number of phenolic OH excluding ortho intramolecular Hbond substituents is 1. The van der Waals surface area contributed by atoms with Crippen molar-refractivity contribution in [1.82, 2.24) is 0 Å². The van der Waals surface area contributed by atoms with Crippen molar-refractivity contribution in [2.45, 2.75) is 13.3 Å². The second kappa shape index (κ2) is 10.6. The summed E-state index contributed by atoms with van der Waals surface area (Å²) in [6.45, 7) is 5.04. The quantitative estimate of drug-likeness (QED) is 0.315. The molecule has 0 unspecified atom stereocenters. The molecule has 7 nitrogen and oxygen atoms in total. The van der Waals surface area contributed by atoms with Crippen molar-refractivity contribution < 1.29 is 33.7 Å². The number of aromatic hydroxyl groups is 1. The lowest BCUT2D eigenvalue weighted by Gasteiger charge is -2.07. The van der Waals surface area contributed by atoms with Crippen LogP contribution in [0.15, 0.2) is 42.5 Å². The Morgan fingerprint density at radius 3 is 2.36 bits per heavy atom. The first kappa shape index (κ1) is 20.0. The molecule has 0 aromatic heterocycles. The second-order valence-electron chi connectivity index (χ2n) is 4.81. The third-order valence-corrected chi connectivity index (χ3v) is 2.82. The highest BCUT2D eigenvalue weighted by Gasteiger charge is 2.13. The molecule has 7 heteroatoms. The minimum Gasteiger partial charge on any atom is -0.508 e. The monoisotopic (exact) mass is 348 g/mol. The molecule has 25 heavy (non-hydrogen) atoms. The summed E-state index contributed by atoms with van der Waals surface area (Å²) in [6.07, 6.45) is 2.49. The Morgan fingerprint density at radius 1 is 1.08 bits per heavy atom. The van der Waals surface area contributed by atoms with Gasteiger partial charge in [0.05, 0.1) is 13.0 Å². The summed E-state index contributed by atoms with van der Waals surface area (Å²) >= 11 is 0. The van der Waals surface area contributed by atoms with Crippen LogP contribution in [0.1, 0.15) is 18.9 Å². The Balaban J connectivity index is 2.24. The van der Waals surface area contributed by atoms with Crippen molar-refractivity contribution in [3.63, 3.8) is 0 Å². The number of carbonyl (C=O) groups excluding carboxylic acids is 3. The standard InChI is InChI=1S/C18H20O7/c1-3-23-17(21)12-13(2)18(22)25-11-10-24-16(20)9-6-14-4-7-15(19)8-5-14/h4-9,19H,2-3,10-12H2,1H3/b9-6+. The molecule has 0 aliphatic heterocycles. The summed E-state index contributed by atoms with van der Waals surface area (Å²) in [5, 5.41) is 9.15. The van der Waals surface area contributed by atoms with Gasteiger partial charge in [-0.2, -0.15) is 0 Å². The largest absolute Gasteiger partial charge is 0.508 e. The number of rotatable bonds is 9. The van der Waals surface area contributed by atoms with E-state index in [4.69, 9.17) is 19.3 Å². The van der Waals surface area contributed by atoms with Gasteiger partial charge in [-0.1, -0.05) is 18.7 Å². The van der Waals surface area contributed by atoms with E-state index in [1.807, 2.05) is 0 Å². The maximum Gasteiger partial charge on any atom is 0.334 e. The molecule has 0 aliphatic carbocycles. The van der Waals surface area contributed by atoms with Crippen LogP contribution in [-0.4, -0.2) is 42.8 Å². The molecule has 0 amide bonds. The number of esters is 3. The lowest BCUT2D eigenvalue weighted by molar-refractivity contribution is -0.148. The molecule has 0 saturated heterocycles. The van der Waals surface area contributed by atoms with Crippen LogP contribution in [0.5, 0.6) is 5.75 Å². The average Bonchev–Trinajstić information content (AvgIpc) is 2.58. The van der Waals surface area contributed by atoms with Crippen LogP contribution >= 0.6 is 0 Å². The highest BCUT2D eigenvalue weighted by Crippen LogP contribution is 2.10. The van der Waals surface area contributed by atoms with Gasteiger partial charge < -0.3 is 19.3 Å². The molecule has 1 N–H and O–H groups in total. The topological polar surface area (TPSA) is 99.1 Å². The SMILES string of the molecule is C=C(CC(=O)OCC)C(=O)OCCOC(=O)/C=C/c1ccc(O)cc1. The number of phenols is 1. The normalized spacial score (nSPS) is 10.3. The summed E-state index contributed by atoms with van der Waals surface area (Å²) < 4.78 is 14.4. The lowest BCUT2D eigenvalue weighted by Crippen LogP contribution is -2.16. The molecule has 134 valence electrons. The third kappa shape index (κ3) is 8.36. The van der Waals surface area contributed by atoms with Gasteiger partial charge in [-0.25, -0.2) is 9.59 Å². The Kier molecular flexibility index (Phi) is 8.49. The van der Waals surface area contributed by atoms with E-state index >= 15 is 0 Å². The van der Waals surface area contributed by atoms with Crippen LogP contribution < -0.4 is 0 Å². The van der Waals surface area contributed by atoms with Crippen LogP contribution in [0.25, 0.3) is 6.08 Å². The van der Waals surface area contributed by atoms with Crippen LogP contribution in [0, 0.1) is 0 Å². The van der Waals surface area contributed by atoms with Gasteiger partial charge in [-0.15, -0.1) is 0 Å². The number of ether oxygens (including phenoxy) is 3. The smallest absolute Gasteiger partial charge is 0.334 e. The van der Waals surface area contributed by atoms with E-state index in [1.54, 1.807) is 19.1 Å². The van der Waals surface area contributed by atoms with E-state index in [0.29, 0.717) is 0 Å². The summed E-state index contributed by atoms with van der Waals surface area (Å²) in [5.74, 6) is -1.78. The zero-order chi connectivity index (χ0) is 18.7. The van der Waals surface area contributed by atoms with Gasteiger partial charge in [0.25, 0.3) is 0 Å². The van der Waals surface area contributed by atoms with E-state index in [2.05, 4.69) is 6.58 Å². The second-order valence-corrected chi connectivity index (χ2v) is 4.81. The zero-order valence-electron chi connectivity index (χ0n) is 13.9. The van der Waals surface area contributed by atoms with Crippen molar-refractivity contribution >= 4 is 24.0 Å². The number of benzene rings is 1. The van der Waals surface area contributed by atoms with Gasteiger partial charge in [0.2, 0.25) is 0 Å². The fourth-order valence-electron chi connectivity index (χ4n) is 1.63. The van der Waals surface area contributed by atoms with Crippen LogP contribution in [0.3, 0.4) is 0 Å². The van der Waals surface area contributed by atoms with E-state index in [0.717, 1.165) is 5.56 Å². The minimum absolute atomic E-state index is 0.0306. The molecule has 0 fully saturated rings. The van der Waals surface area contributed by atoms with Gasteiger partial charge in [0.1, 0.15) is 19.0 Å². The molecule has 0 bridgehead atoms. The van der Waals surface area contributed by atoms with Gasteiger partial charge in [-0.3, -0.25) is 4.79 Å². The number of carbonyl (C=O) groups is 3. The van der Waals surface area contributed by atoms with Crippen molar-refractivity contribution in [3.05, 3.63) is 48.1 Å². The fraction of sp³-hybridized carbons (Fsp3) is 0.278. The molecule has 1 aromatic rings. The molecule has 0 atom stereocenters. The molecule has 0 radical (unpaired) electrons. The average molecular weight is 348 g/mol. The Labute approximate surface area is 145 Å². The van der Waals surface area contributed by atoms with Crippen molar-refractivity contribution in [2.24, 2.45) is 0 Å². The first-order valence-corrected chi connectivity index (χ1v) is 7.56. The highest BCUT2D eigenvalue weighted by molar-refractivity contribution is 5.93. The maximum absolute atomic E-state index is 11.6. The first-order chi connectivity index (χ1) is 11.9. The molecule has 0 spiro atoms. The summed E-state index contributed by atoms with van der Waals surface area (Å²) in [4.78, 5) is 34.3. The molecule has 0 saturated carbocycles. The molecule has 0 aliphatic rings. The van der Waals surface area contributed by atoms with Crippen LogP contribution in [-0.2, 0) is 28.6 Å². The van der Waals surface area contributed by atoms with Gasteiger partial charge in [0, 0.05) is 11.6 Å². The molecule has 1 aromatic carbocycles. The number of hydrogen-bond acceptors (Lipinski definition) is 7. The Bertz CT molecular complexity index is 644. The third-order valence-electron chi connectivity index (χ3n) is 2.82. The van der Waals surface area contributed by atoms with Gasteiger partial charge in [-0.05, 0) is 30.7 Å². The summed E-state index contributed by atoms with van der Waals surface area (Å²) in [7, 11) is 0. The zero-order valence-corrected chi connectivity index (χ0v) is 13.9. The number of hydrogen-bond donors (Lipinski definition) is 1. The van der Waals surface area contributed by atoms with Crippen molar-refractivity contribution in [3.8, 4) is 5.75 Å². The van der Waals surface area contributed by atoms with Crippen molar-refractivity contribution in [1.29, 1.82) is 0 Å². The summed E-state index contributed by atoms with van der Waals surface area (Å²) in [6, 6.07) is 6.26. The first-order valence-electron chi connectivity index (χ1n) is 7.56. The predicted molar refractivity (Wildman–Crippen MR) is 89.4 cm³/mol. The molecule has 0 heterocycles. The van der Waals surface area contributed by atoms with Crippen LogP contribution in [0.4, 0.5) is 0 Å². The van der Waals surface area contributed by atoms with E-state index in [9.17, 15) is 14.4 Å². The molecular formula is C18H20O7. The highest BCUT2D eigenvalue weighted by atomic mass is 16.6. The Hall–Kier alpha value is -3.09. The Morgan fingerprint density at radius 2 is 1.72 bits per heavy atom. The van der Waals surface area contributed by atoms with Gasteiger partial charge in [0.15, 0.2) is 0 Å². The predicted octanol–water partition coefficient (Wildman–Crippen LogP) is 2.00. The maximum atomic E-state index is 11.6. The lowest BCUT2D eigenvalue weighted by atomic mass is 10.2. The molecular weight excluding hydrogens is 328 g/mol. The van der Waals surface area contributed by atoms with Crippen molar-refractivity contribution in [2.75, 3.05) is 19.8 Å².